The summed E-state index contributed by atoms with van der Waals surface area (Å²) < 4.78 is 0. The molecule has 0 aliphatic heterocycles. The summed E-state index contributed by atoms with van der Waals surface area (Å²) in [6, 6.07) is 6.65. The first-order chi connectivity index (χ1) is 11.4. The van der Waals surface area contributed by atoms with E-state index in [0.29, 0.717) is 30.2 Å². The Kier molecular flexibility index (Phi) is 6.36. The fourth-order valence-corrected chi connectivity index (χ4v) is 2.40. The van der Waals surface area contributed by atoms with Crippen molar-refractivity contribution in [2.24, 2.45) is 0 Å². The maximum absolute atomic E-state index is 12.8. The minimum Gasteiger partial charge on any atom is -0.378 e. The number of hydrogen-bond acceptors (Lipinski definition) is 4. The van der Waals surface area contributed by atoms with Crippen LogP contribution in [0.3, 0.4) is 0 Å². The van der Waals surface area contributed by atoms with Crippen LogP contribution >= 0.6 is 11.6 Å². The molecule has 0 saturated heterocycles. The van der Waals surface area contributed by atoms with Gasteiger partial charge in [-0.2, -0.15) is 0 Å². The molecular weight excluding hydrogens is 328 g/mol. The van der Waals surface area contributed by atoms with E-state index in [1.54, 1.807) is 35.5 Å². The summed E-state index contributed by atoms with van der Waals surface area (Å²) in [6.07, 6.45) is 0.387. The number of aryl methyl sites for hydroxylation is 1. The molecule has 0 bridgehead atoms. The fourth-order valence-electron chi connectivity index (χ4n) is 2.28. The van der Waals surface area contributed by atoms with Gasteiger partial charge in [-0.15, -0.1) is 0 Å². The van der Waals surface area contributed by atoms with Crippen molar-refractivity contribution in [3.05, 3.63) is 52.6 Å². The van der Waals surface area contributed by atoms with E-state index < -0.39 is 6.10 Å². The summed E-state index contributed by atoms with van der Waals surface area (Å²) in [5.41, 5.74) is 2.24. The number of amides is 1. The van der Waals surface area contributed by atoms with Crippen molar-refractivity contribution in [1.82, 2.24) is 19.8 Å². The van der Waals surface area contributed by atoms with Crippen LogP contribution in [0.15, 0.2) is 30.6 Å². The lowest BCUT2D eigenvalue weighted by Crippen LogP contribution is -2.39. The number of H-pyrrole nitrogens is 1. The number of hydrogen-bond donors (Lipinski definition) is 2. The van der Waals surface area contributed by atoms with Gasteiger partial charge in [-0.3, -0.25) is 4.79 Å². The quantitative estimate of drug-likeness (QED) is 0.801. The molecule has 24 heavy (non-hydrogen) atoms. The van der Waals surface area contributed by atoms with Crippen molar-refractivity contribution in [2.75, 3.05) is 27.2 Å². The van der Waals surface area contributed by atoms with Gasteiger partial charge in [-0.05, 0) is 38.7 Å². The van der Waals surface area contributed by atoms with Crippen LogP contribution in [-0.2, 0) is 11.3 Å². The first-order valence-corrected chi connectivity index (χ1v) is 8.12. The van der Waals surface area contributed by atoms with Crippen molar-refractivity contribution < 1.29 is 9.90 Å². The van der Waals surface area contributed by atoms with Gasteiger partial charge >= 0.3 is 0 Å². The highest BCUT2D eigenvalue weighted by atomic mass is 35.5. The molecule has 2 aromatic rings. The van der Waals surface area contributed by atoms with E-state index in [4.69, 9.17) is 11.6 Å². The summed E-state index contributed by atoms with van der Waals surface area (Å²) in [5, 5.41) is 11.0. The van der Waals surface area contributed by atoms with Crippen molar-refractivity contribution in [2.45, 2.75) is 19.6 Å². The van der Waals surface area contributed by atoms with Crippen molar-refractivity contribution in [1.29, 1.82) is 0 Å². The van der Waals surface area contributed by atoms with E-state index in [0.717, 1.165) is 11.4 Å². The molecule has 1 unspecified atom stereocenters. The molecule has 6 nitrogen and oxygen atoms in total. The average molecular weight is 351 g/mol. The van der Waals surface area contributed by atoms with Gasteiger partial charge in [0.25, 0.3) is 5.91 Å². The van der Waals surface area contributed by atoms with Gasteiger partial charge in [0.15, 0.2) is 6.10 Å². The summed E-state index contributed by atoms with van der Waals surface area (Å²) in [7, 11) is 3.89. The summed E-state index contributed by atoms with van der Waals surface area (Å²) >= 11 is 5.86. The highest BCUT2D eigenvalue weighted by Crippen LogP contribution is 2.20. The van der Waals surface area contributed by atoms with E-state index in [2.05, 4.69) is 9.97 Å². The molecule has 1 atom stereocenters. The van der Waals surface area contributed by atoms with Crippen LogP contribution in [-0.4, -0.2) is 58.0 Å². The zero-order valence-corrected chi connectivity index (χ0v) is 14.9. The highest BCUT2D eigenvalue weighted by Gasteiger charge is 2.25. The van der Waals surface area contributed by atoms with Gasteiger partial charge in [0.2, 0.25) is 0 Å². The third-order valence-corrected chi connectivity index (χ3v) is 4.08. The fraction of sp³-hybridized carbons (Fsp3) is 0.412. The molecule has 2 N–H and O–H groups in total. The molecule has 0 fully saturated rings. The lowest BCUT2D eigenvalue weighted by Gasteiger charge is -2.26. The Balaban J connectivity index is 2.16. The topological polar surface area (TPSA) is 72.5 Å². The second-order valence-electron chi connectivity index (χ2n) is 5.99. The number of nitrogens with one attached hydrogen (secondary N) is 1. The lowest BCUT2D eigenvalue weighted by atomic mass is 10.1. The number of aliphatic hydroxyl groups is 1. The minimum atomic E-state index is -1.22. The number of benzene rings is 1. The third kappa shape index (κ3) is 4.80. The van der Waals surface area contributed by atoms with Crippen molar-refractivity contribution >= 4 is 17.5 Å². The van der Waals surface area contributed by atoms with Crippen molar-refractivity contribution in [3.8, 4) is 0 Å². The number of carbonyl (C=O) groups is 1. The summed E-state index contributed by atoms with van der Waals surface area (Å²) in [5.74, 6) is -0.346. The van der Waals surface area contributed by atoms with Crippen LogP contribution in [0.4, 0.5) is 0 Å². The zero-order chi connectivity index (χ0) is 17.7. The van der Waals surface area contributed by atoms with Gasteiger partial charge in [0.1, 0.15) is 0 Å². The predicted octanol–water partition coefficient (Wildman–Crippen LogP) is 2.00. The van der Waals surface area contributed by atoms with Crippen LogP contribution in [0, 0.1) is 6.92 Å². The maximum atomic E-state index is 12.8. The molecule has 0 saturated carbocycles. The number of aromatic amines is 1. The van der Waals surface area contributed by atoms with E-state index >= 15 is 0 Å². The smallest absolute Gasteiger partial charge is 0.256 e. The van der Waals surface area contributed by atoms with E-state index in [1.165, 1.54) is 0 Å². The number of halogens is 1. The van der Waals surface area contributed by atoms with Crippen molar-refractivity contribution in [3.63, 3.8) is 0 Å². The molecule has 0 aliphatic carbocycles. The second kappa shape index (κ2) is 8.28. The number of likely N-dealkylation sites (N-methyl/N-ethyl adjacent to an activating group) is 1. The number of aromatic nitrogens is 2. The standard InChI is InChI=1S/C17H23ClN4O2/c1-12-15(20-11-19-12)10-22(9-8-21(2)3)17(24)16(23)13-4-6-14(18)7-5-13/h4-7,11,16,23H,8-10H2,1-3H3,(H,19,20). The van der Waals surface area contributed by atoms with Crippen LogP contribution < -0.4 is 0 Å². The molecule has 2 rings (SSSR count). The Morgan fingerprint density at radius 2 is 1.96 bits per heavy atom. The molecule has 0 radical (unpaired) electrons. The molecular formula is C17H23ClN4O2. The molecule has 130 valence electrons. The second-order valence-corrected chi connectivity index (χ2v) is 6.43. The van der Waals surface area contributed by atoms with Gasteiger partial charge in [0, 0.05) is 23.8 Å². The lowest BCUT2D eigenvalue weighted by molar-refractivity contribution is -0.141. The average Bonchev–Trinajstić information content (AvgIpc) is 2.95. The van der Waals surface area contributed by atoms with Gasteiger partial charge < -0.3 is 19.9 Å². The molecule has 0 spiro atoms. The van der Waals surface area contributed by atoms with Crippen LogP contribution in [0.5, 0.6) is 0 Å². The van der Waals surface area contributed by atoms with Crippen LogP contribution in [0.1, 0.15) is 23.1 Å². The maximum Gasteiger partial charge on any atom is 0.256 e. The van der Waals surface area contributed by atoms with E-state index in [1.807, 2.05) is 25.9 Å². The summed E-state index contributed by atoms with van der Waals surface area (Å²) in [4.78, 5) is 23.6. The monoisotopic (exact) mass is 350 g/mol. The molecule has 1 heterocycles. The molecule has 1 amide bonds. The molecule has 0 aliphatic rings. The first kappa shape index (κ1) is 18.4. The van der Waals surface area contributed by atoms with Gasteiger partial charge in [0.05, 0.1) is 18.6 Å². The molecule has 1 aromatic carbocycles. The Bertz CT molecular complexity index is 669. The zero-order valence-electron chi connectivity index (χ0n) is 14.2. The number of imidazole rings is 1. The van der Waals surface area contributed by atoms with E-state index in [9.17, 15) is 9.90 Å². The first-order valence-electron chi connectivity index (χ1n) is 7.74. The highest BCUT2D eigenvalue weighted by molar-refractivity contribution is 6.30. The van der Waals surface area contributed by atoms with Gasteiger partial charge in [-0.1, -0.05) is 23.7 Å². The number of nitrogens with zero attached hydrogens (tertiary/aromatic N) is 3. The molecule has 7 heteroatoms. The largest absolute Gasteiger partial charge is 0.378 e. The Morgan fingerprint density at radius 3 is 2.50 bits per heavy atom. The number of carbonyl (C=O) groups excluding carboxylic acids is 1. The SMILES string of the molecule is Cc1[nH]cnc1CN(CCN(C)C)C(=O)C(O)c1ccc(Cl)cc1. The number of rotatable bonds is 7. The summed E-state index contributed by atoms with van der Waals surface area (Å²) in [6.45, 7) is 3.46. The molecule has 1 aromatic heterocycles. The Hall–Kier alpha value is -1.89. The van der Waals surface area contributed by atoms with Gasteiger partial charge in [-0.25, -0.2) is 4.98 Å². The minimum absolute atomic E-state index is 0.346. The normalized spacial score (nSPS) is 12.4. The Morgan fingerprint density at radius 1 is 1.29 bits per heavy atom. The Labute approximate surface area is 147 Å². The van der Waals surface area contributed by atoms with Crippen LogP contribution in [0.2, 0.25) is 5.02 Å². The van der Waals surface area contributed by atoms with Crippen LogP contribution in [0.25, 0.3) is 0 Å². The third-order valence-electron chi connectivity index (χ3n) is 3.82. The predicted molar refractivity (Wildman–Crippen MR) is 93.7 cm³/mol. The van der Waals surface area contributed by atoms with E-state index in [-0.39, 0.29) is 5.91 Å². The number of aliphatic hydroxyl groups excluding tert-OH is 1.